The topological polar surface area (TPSA) is 123 Å². The molecule has 0 aliphatic heterocycles. The van der Waals surface area contributed by atoms with E-state index in [1.54, 1.807) is 0 Å². The van der Waals surface area contributed by atoms with Crippen molar-refractivity contribution in [3.63, 3.8) is 0 Å². The average molecular weight is 313 g/mol. The van der Waals surface area contributed by atoms with E-state index >= 15 is 0 Å². The molecule has 0 aliphatic rings. The van der Waals surface area contributed by atoms with Gasteiger partial charge in [0.15, 0.2) is 0 Å². The summed E-state index contributed by atoms with van der Waals surface area (Å²) < 4.78 is 0. The normalized spacial score (nSPS) is 0. The van der Waals surface area contributed by atoms with Crippen molar-refractivity contribution in [3.05, 3.63) is 0 Å². The zero-order valence-electron chi connectivity index (χ0n) is 2.62. The molecule has 0 aromatic rings. The number of hydrogen-bond acceptors (Lipinski definition) is 2. The zero-order chi connectivity index (χ0) is 0. The van der Waals surface area contributed by atoms with Gasteiger partial charge in [-0.15, -0.1) is 0 Å². The molecule has 0 unspecified atom stereocenters. The summed E-state index contributed by atoms with van der Waals surface area (Å²) in [7, 11) is 0. The molecule has 0 bridgehead atoms. The summed E-state index contributed by atoms with van der Waals surface area (Å²) in [5.74, 6) is 0. The quantitative estimate of drug-likeness (QED) is 0.480. The molecule has 0 fully saturated rings. The van der Waals surface area contributed by atoms with Crippen LogP contribution < -0.4 is 0 Å². The van der Waals surface area contributed by atoms with E-state index in [1.807, 2.05) is 0 Å². The maximum Gasteiger partial charge on any atom is 2.00 e. The van der Waals surface area contributed by atoms with Gasteiger partial charge in [-0.05, 0) is 0 Å². The van der Waals surface area contributed by atoms with E-state index in [4.69, 9.17) is 0 Å². The summed E-state index contributed by atoms with van der Waals surface area (Å²) >= 11 is 0. The van der Waals surface area contributed by atoms with E-state index in [1.165, 1.54) is 0 Å². The summed E-state index contributed by atoms with van der Waals surface area (Å²) in [5.41, 5.74) is 0. The number of rotatable bonds is 0. The summed E-state index contributed by atoms with van der Waals surface area (Å²) in [6.07, 6.45) is 0. The average Bonchev–Trinajstić information content (AvgIpc) is 0. The molecule has 6 heteroatoms. The Hall–Kier alpha value is 1.02. The van der Waals surface area contributed by atoms with E-state index < -0.39 is 0 Å². The van der Waals surface area contributed by atoms with Gasteiger partial charge in [-0.25, -0.2) is 0 Å². The van der Waals surface area contributed by atoms with Crippen molar-refractivity contribution in [1.29, 1.82) is 0 Å². The molecule has 0 saturated heterocycles. The van der Waals surface area contributed by atoms with Crippen LogP contribution in [-0.2, 0) is 37.6 Å². The molecule has 6 N–H and O–H groups in total. The maximum atomic E-state index is 0. The monoisotopic (exact) mass is 312 g/mol. The van der Waals surface area contributed by atoms with Crippen molar-refractivity contribution >= 4 is 0 Å². The van der Waals surface area contributed by atoms with Crippen LogP contribution in [-0.4, -0.2) is 21.9 Å². The second kappa shape index (κ2) is 145. The third-order valence-electron chi connectivity index (χ3n) is 0. The molecule has 46 valence electrons. The second-order valence-corrected chi connectivity index (χ2v) is 0. The molecular formula is H6NiO4W. The van der Waals surface area contributed by atoms with Crippen LogP contribution in [0.4, 0.5) is 0 Å². The van der Waals surface area contributed by atoms with Crippen LogP contribution in [0.15, 0.2) is 0 Å². The van der Waals surface area contributed by atoms with Gasteiger partial charge >= 0.3 is 16.5 Å². The molecule has 0 spiro atoms. The minimum absolute atomic E-state index is 0. The van der Waals surface area contributed by atoms with Crippen LogP contribution >= 0.6 is 0 Å². The van der Waals surface area contributed by atoms with Gasteiger partial charge in [-0.2, -0.15) is 0 Å². The molecule has 0 saturated carbocycles. The first-order valence-electron chi connectivity index (χ1n) is 0. The molecule has 4 nitrogen and oxygen atoms in total. The predicted molar refractivity (Wildman–Crippen MR) is 11.1 cm³/mol. The van der Waals surface area contributed by atoms with Crippen molar-refractivity contribution in [2.75, 3.05) is 0 Å². The third-order valence-corrected chi connectivity index (χ3v) is 0. The summed E-state index contributed by atoms with van der Waals surface area (Å²) in [4.78, 5) is 0. The smallest absolute Gasteiger partial charge is 0.870 e. The molecule has 0 rings (SSSR count). The Balaban J connectivity index is 0. The summed E-state index contributed by atoms with van der Waals surface area (Å²) in [6, 6.07) is 0. The van der Waals surface area contributed by atoms with Crippen LogP contribution in [0.3, 0.4) is 0 Å². The van der Waals surface area contributed by atoms with E-state index in [-0.39, 0.29) is 59.5 Å². The van der Waals surface area contributed by atoms with E-state index in [9.17, 15) is 0 Å². The molecule has 0 amide bonds. The molecule has 0 aliphatic carbocycles. The maximum absolute atomic E-state index is 0. The van der Waals surface area contributed by atoms with Crippen molar-refractivity contribution in [2.24, 2.45) is 0 Å². The third kappa shape index (κ3) is 77.8. The van der Waals surface area contributed by atoms with Gasteiger partial charge in [-0.3, -0.25) is 0 Å². The summed E-state index contributed by atoms with van der Waals surface area (Å²) in [6.45, 7) is 0. The van der Waals surface area contributed by atoms with Crippen LogP contribution in [0.5, 0.6) is 0 Å². The van der Waals surface area contributed by atoms with Crippen molar-refractivity contribution < 1.29 is 59.5 Å². The van der Waals surface area contributed by atoms with Gasteiger partial charge in [0.1, 0.15) is 0 Å². The van der Waals surface area contributed by atoms with Crippen LogP contribution in [0.25, 0.3) is 0 Å². The molecule has 0 atom stereocenters. The molecular weight excluding hydrogens is 307 g/mol. The van der Waals surface area contributed by atoms with Gasteiger partial charge in [-0.1, -0.05) is 0 Å². The Kier molecular flexibility index (Phi) is 5910. The Labute approximate surface area is 59.7 Å². The van der Waals surface area contributed by atoms with Crippen LogP contribution in [0, 0.1) is 0 Å². The van der Waals surface area contributed by atoms with Gasteiger partial charge in [0.05, 0.1) is 0 Å². The Bertz CT molecular complexity index is 7.51. The Morgan fingerprint density at radius 2 is 0.667 bits per heavy atom. The fraction of sp³-hybridized carbons (Fsp3) is 0. The fourth-order valence-corrected chi connectivity index (χ4v) is 0. The second-order valence-electron chi connectivity index (χ2n) is 0. The van der Waals surface area contributed by atoms with E-state index in [0.717, 1.165) is 0 Å². The first kappa shape index (κ1) is 244. The van der Waals surface area contributed by atoms with Gasteiger partial charge in [0.2, 0.25) is 0 Å². The van der Waals surface area contributed by atoms with Crippen LogP contribution in [0.1, 0.15) is 0 Å². The summed E-state index contributed by atoms with van der Waals surface area (Å²) in [5, 5.41) is 0. The van der Waals surface area contributed by atoms with Crippen molar-refractivity contribution in [2.45, 2.75) is 0 Å². The minimum atomic E-state index is 0. The Morgan fingerprint density at radius 3 is 0.667 bits per heavy atom. The molecule has 0 radical (unpaired) electrons. The molecule has 0 aromatic heterocycles. The SMILES string of the molecule is O.O.[Ni+2].[OH-].[OH-].[W]. The number of hydrogen-bond donors (Lipinski definition) is 0. The van der Waals surface area contributed by atoms with Gasteiger partial charge in [0, 0.05) is 21.1 Å². The van der Waals surface area contributed by atoms with Gasteiger partial charge in [0.25, 0.3) is 0 Å². The minimum Gasteiger partial charge on any atom is -0.870 e. The Morgan fingerprint density at radius 1 is 0.667 bits per heavy atom. The van der Waals surface area contributed by atoms with Crippen molar-refractivity contribution in [3.8, 4) is 0 Å². The largest absolute Gasteiger partial charge is 2.00 e. The first-order chi connectivity index (χ1) is 0. The molecule has 0 heterocycles. The predicted octanol–water partition coefficient (Wildman–Crippen LogP) is -2.01. The van der Waals surface area contributed by atoms with Crippen molar-refractivity contribution in [1.82, 2.24) is 0 Å². The standard InChI is InChI=1S/Ni.4H2O.W/h;4*1H2;/q+2;;;;;/p-2. The zero-order valence-corrected chi connectivity index (χ0v) is 6.54. The fourth-order valence-electron chi connectivity index (χ4n) is 0. The molecule has 0 aromatic carbocycles. The van der Waals surface area contributed by atoms with Gasteiger partial charge < -0.3 is 21.9 Å². The van der Waals surface area contributed by atoms with E-state index in [2.05, 4.69) is 0 Å². The first-order valence-corrected chi connectivity index (χ1v) is 0. The molecule has 6 heavy (non-hydrogen) atoms. The van der Waals surface area contributed by atoms with E-state index in [0.29, 0.717) is 0 Å². The van der Waals surface area contributed by atoms with Crippen LogP contribution in [0.2, 0.25) is 0 Å².